The Bertz CT molecular complexity index is 180. The molecular formula is C7H13NO4. The lowest BCUT2D eigenvalue weighted by Gasteiger charge is -2.09. The van der Waals surface area contributed by atoms with E-state index < -0.39 is 22.9 Å². The summed E-state index contributed by atoms with van der Waals surface area (Å²) in [5, 5.41) is 10.2. The van der Waals surface area contributed by atoms with Gasteiger partial charge in [-0.2, -0.15) is 0 Å². The molecule has 0 rings (SSSR count). The molecule has 0 radical (unpaired) electrons. The number of nitrogens with zero attached hydrogens (tertiary/aromatic N) is 1. The number of ether oxygens (including phenoxy) is 1. The molecule has 0 saturated heterocycles. The van der Waals surface area contributed by atoms with Gasteiger partial charge in [0.2, 0.25) is 6.04 Å². The largest absolute Gasteiger partial charge is 0.469 e. The first kappa shape index (κ1) is 10.9. The molecule has 5 heteroatoms. The van der Waals surface area contributed by atoms with Gasteiger partial charge in [0.15, 0.2) is 0 Å². The molecule has 0 aliphatic heterocycles. The van der Waals surface area contributed by atoms with E-state index in [9.17, 15) is 14.9 Å². The van der Waals surface area contributed by atoms with Crippen LogP contribution >= 0.6 is 0 Å². The lowest BCUT2D eigenvalue weighted by Crippen LogP contribution is -2.23. The molecule has 70 valence electrons. The first-order chi connectivity index (χ1) is 5.49. The summed E-state index contributed by atoms with van der Waals surface area (Å²) in [7, 11) is 1.27. The second kappa shape index (κ2) is 4.69. The van der Waals surface area contributed by atoms with Crippen LogP contribution in [0.1, 0.15) is 20.3 Å². The zero-order chi connectivity index (χ0) is 9.72. The lowest BCUT2D eigenvalue weighted by atomic mass is 10.0. The van der Waals surface area contributed by atoms with E-state index in [0.29, 0.717) is 0 Å². The Balaban J connectivity index is 3.91. The SMILES string of the molecule is COC(=O)C(C)CC(C)[N+](=O)[O-]. The van der Waals surface area contributed by atoms with Crippen molar-refractivity contribution in [3.8, 4) is 0 Å². The molecule has 0 aliphatic rings. The minimum Gasteiger partial charge on any atom is -0.469 e. The zero-order valence-corrected chi connectivity index (χ0v) is 7.44. The summed E-state index contributed by atoms with van der Waals surface area (Å²) in [6.45, 7) is 3.09. The Labute approximate surface area is 70.9 Å². The molecule has 0 N–H and O–H groups in total. The Morgan fingerprint density at radius 3 is 2.42 bits per heavy atom. The number of rotatable bonds is 4. The van der Waals surface area contributed by atoms with E-state index in [2.05, 4.69) is 4.74 Å². The van der Waals surface area contributed by atoms with Gasteiger partial charge in [-0.3, -0.25) is 14.9 Å². The molecule has 0 aromatic carbocycles. The maximum atomic E-state index is 10.8. The van der Waals surface area contributed by atoms with Crippen LogP contribution < -0.4 is 0 Å². The quantitative estimate of drug-likeness (QED) is 0.361. The number of carbonyl (C=O) groups excluding carboxylic acids is 1. The van der Waals surface area contributed by atoms with Crippen molar-refractivity contribution in [3.05, 3.63) is 10.1 Å². The van der Waals surface area contributed by atoms with Crippen LogP contribution in [0.2, 0.25) is 0 Å². The average molecular weight is 175 g/mol. The van der Waals surface area contributed by atoms with Crippen LogP contribution in [0.4, 0.5) is 0 Å². The van der Waals surface area contributed by atoms with Gasteiger partial charge in [0.25, 0.3) is 0 Å². The molecule has 2 atom stereocenters. The molecule has 0 bridgehead atoms. The molecule has 0 fully saturated rings. The van der Waals surface area contributed by atoms with E-state index in [1.165, 1.54) is 14.0 Å². The second-order valence-electron chi connectivity index (χ2n) is 2.79. The summed E-state index contributed by atoms with van der Waals surface area (Å²) < 4.78 is 4.43. The van der Waals surface area contributed by atoms with Gasteiger partial charge in [0.05, 0.1) is 13.0 Å². The normalized spacial score (nSPS) is 14.9. The molecule has 0 amide bonds. The highest BCUT2D eigenvalue weighted by Gasteiger charge is 2.22. The van der Waals surface area contributed by atoms with Crippen LogP contribution in [0.3, 0.4) is 0 Å². The van der Waals surface area contributed by atoms with E-state index in [-0.39, 0.29) is 6.42 Å². The summed E-state index contributed by atoms with van der Waals surface area (Å²) in [5.74, 6) is -0.806. The van der Waals surface area contributed by atoms with Gasteiger partial charge < -0.3 is 4.74 Å². The molecule has 12 heavy (non-hydrogen) atoms. The lowest BCUT2D eigenvalue weighted by molar-refractivity contribution is -0.519. The zero-order valence-electron chi connectivity index (χ0n) is 7.44. The van der Waals surface area contributed by atoms with Gasteiger partial charge in [-0.1, -0.05) is 6.92 Å². The van der Waals surface area contributed by atoms with Gasteiger partial charge in [-0.05, 0) is 0 Å². The Kier molecular flexibility index (Phi) is 4.25. The predicted octanol–water partition coefficient (Wildman–Crippen LogP) is 0.851. The number of hydrogen-bond donors (Lipinski definition) is 0. The number of hydrogen-bond acceptors (Lipinski definition) is 4. The molecule has 0 spiro atoms. The molecule has 2 unspecified atom stereocenters. The van der Waals surface area contributed by atoms with Crippen molar-refractivity contribution in [1.82, 2.24) is 0 Å². The van der Waals surface area contributed by atoms with Crippen molar-refractivity contribution in [2.45, 2.75) is 26.3 Å². The minimum absolute atomic E-state index is 0.222. The van der Waals surface area contributed by atoms with Crippen molar-refractivity contribution in [2.24, 2.45) is 5.92 Å². The van der Waals surface area contributed by atoms with Crippen LogP contribution in [-0.2, 0) is 9.53 Å². The van der Waals surface area contributed by atoms with Crippen LogP contribution in [0.25, 0.3) is 0 Å². The Morgan fingerprint density at radius 1 is 1.58 bits per heavy atom. The van der Waals surface area contributed by atoms with Gasteiger partial charge in [0.1, 0.15) is 0 Å². The monoisotopic (exact) mass is 175 g/mol. The van der Waals surface area contributed by atoms with Gasteiger partial charge in [0, 0.05) is 18.3 Å². The van der Waals surface area contributed by atoms with E-state index >= 15 is 0 Å². The molecule has 0 saturated carbocycles. The highest BCUT2D eigenvalue weighted by atomic mass is 16.6. The van der Waals surface area contributed by atoms with Crippen LogP contribution in [0.5, 0.6) is 0 Å². The average Bonchev–Trinajstić information content (AvgIpc) is 2.02. The van der Waals surface area contributed by atoms with E-state index in [1.807, 2.05) is 0 Å². The van der Waals surface area contributed by atoms with Gasteiger partial charge >= 0.3 is 5.97 Å². The van der Waals surface area contributed by atoms with Crippen LogP contribution in [-0.4, -0.2) is 24.0 Å². The summed E-state index contributed by atoms with van der Waals surface area (Å²) in [6, 6.07) is -0.695. The minimum atomic E-state index is -0.695. The smallest absolute Gasteiger partial charge is 0.308 e. The topological polar surface area (TPSA) is 69.4 Å². The van der Waals surface area contributed by atoms with Crippen molar-refractivity contribution < 1.29 is 14.5 Å². The maximum absolute atomic E-state index is 10.8. The summed E-state index contributed by atoms with van der Waals surface area (Å²) in [6.07, 6.45) is 0.222. The van der Waals surface area contributed by atoms with Crippen molar-refractivity contribution in [2.75, 3.05) is 7.11 Å². The molecule has 5 nitrogen and oxygen atoms in total. The third-order valence-corrected chi connectivity index (χ3v) is 1.66. The predicted molar refractivity (Wildman–Crippen MR) is 42.3 cm³/mol. The van der Waals surface area contributed by atoms with Crippen LogP contribution in [0, 0.1) is 16.0 Å². The van der Waals surface area contributed by atoms with Gasteiger partial charge in [-0.15, -0.1) is 0 Å². The summed E-state index contributed by atoms with van der Waals surface area (Å²) in [4.78, 5) is 20.6. The van der Waals surface area contributed by atoms with E-state index in [4.69, 9.17) is 0 Å². The van der Waals surface area contributed by atoms with Crippen molar-refractivity contribution >= 4 is 5.97 Å². The van der Waals surface area contributed by atoms with Gasteiger partial charge in [-0.25, -0.2) is 0 Å². The van der Waals surface area contributed by atoms with E-state index in [1.54, 1.807) is 6.92 Å². The maximum Gasteiger partial charge on any atom is 0.308 e. The Hall–Kier alpha value is -1.13. The fourth-order valence-corrected chi connectivity index (χ4v) is 0.895. The molecule has 0 aromatic heterocycles. The Morgan fingerprint density at radius 2 is 2.08 bits per heavy atom. The highest BCUT2D eigenvalue weighted by Crippen LogP contribution is 2.09. The third kappa shape index (κ3) is 3.32. The molecule has 0 aromatic rings. The number of methoxy groups -OCH3 is 1. The molecular weight excluding hydrogens is 162 g/mol. The fraction of sp³-hybridized carbons (Fsp3) is 0.857. The summed E-state index contributed by atoms with van der Waals surface area (Å²) >= 11 is 0. The van der Waals surface area contributed by atoms with E-state index in [0.717, 1.165) is 0 Å². The van der Waals surface area contributed by atoms with Crippen molar-refractivity contribution in [1.29, 1.82) is 0 Å². The molecule has 0 aliphatic carbocycles. The first-order valence-corrected chi connectivity index (χ1v) is 3.70. The second-order valence-corrected chi connectivity index (χ2v) is 2.79. The third-order valence-electron chi connectivity index (χ3n) is 1.66. The standard InChI is InChI=1S/C7H13NO4/c1-5(7(9)12-3)4-6(2)8(10)11/h5-6H,4H2,1-3H3. The highest BCUT2D eigenvalue weighted by molar-refractivity contribution is 5.71. The van der Waals surface area contributed by atoms with Crippen LogP contribution in [0.15, 0.2) is 0 Å². The fourth-order valence-electron chi connectivity index (χ4n) is 0.895. The summed E-state index contributed by atoms with van der Waals surface area (Å²) in [5.41, 5.74) is 0. The number of esters is 1. The first-order valence-electron chi connectivity index (χ1n) is 3.70. The molecule has 0 heterocycles. The number of nitro groups is 1. The van der Waals surface area contributed by atoms with Crippen molar-refractivity contribution in [3.63, 3.8) is 0 Å². The number of carbonyl (C=O) groups is 1.